The fourth-order valence-electron chi connectivity index (χ4n) is 3.26. The molecule has 0 bridgehead atoms. The number of halogens is 1. The van der Waals surface area contributed by atoms with E-state index in [9.17, 15) is 9.59 Å². The minimum atomic E-state index is -0.680. The van der Waals surface area contributed by atoms with E-state index in [-0.39, 0.29) is 11.8 Å². The highest BCUT2D eigenvalue weighted by atomic mass is 35.5. The molecule has 0 saturated carbocycles. The molecule has 3 rings (SSSR count). The summed E-state index contributed by atoms with van der Waals surface area (Å²) in [6.07, 6.45) is 0.721. The van der Waals surface area contributed by atoms with E-state index in [4.69, 9.17) is 17.3 Å². The first-order valence-corrected chi connectivity index (χ1v) is 9.49. The van der Waals surface area contributed by atoms with Gasteiger partial charge in [0.1, 0.15) is 6.04 Å². The van der Waals surface area contributed by atoms with Crippen LogP contribution in [0.15, 0.2) is 48.5 Å². The van der Waals surface area contributed by atoms with Gasteiger partial charge in [-0.05, 0) is 37.1 Å². The number of nitrogens with two attached hydrogens (primary N) is 1. The summed E-state index contributed by atoms with van der Waals surface area (Å²) in [4.78, 5) is 29.0. The number of nitrogens with zero attached hydrogens (tertiary/aromatic N) is 2. The molecule has 1 heterocycles. The molecule has 1 aliphatic rings. The molecule has 1 atom stereocenters. The summed E-state index contributed by atoms with van der Waals surface area (Å²) in [6.45, 7) is 4.16. The van der Waals surface area contributed by atoms with E-state index in [0.717, 1.165) is 17.5 Å². The Bertz CT molecular complexity index is 822. The molecule has 0 aromatic heterocycles. The monoisotopic (exact) mass is 385 g/mol. The molecule has 1 aliphatic heterocycles. The van der Waals surface area contributed by atoms with Gasteiger partial charge in [-0.15, -0.1) is 0 Å². The lowest BCUT2D eigenvalue weighted by Crippen LogP contribution is -2.41. The summed E-state index contributed by atoms with van der Waals surface area (Å²) in [5, 5.41) is 0.538. The molecule has 6 heteroatoms. The van der Waals surface area contributed by atoms with E-state index in [1.54, 1.807) is 34.1 Å². The fraction of sp³-hybridized carbons (Fsp3) is 0.333. The SMILES string of the molecule is Cc1ccc(C(N)C(=O)N2CCCN(C(=O)c3cccc(Cl)c3)CC2)cc1. The molecule has 142 valence electrons. The molecule has 2 aromatic carbocycles. The quantitative estimate of drug-likeness (QED) is 0.883. The van der Waals surface area contributed by atoms with Crippen LogP contribution in [-0.2, 0) is 4.79 Å². The topological polar surface area (TPSA) is 66.6 Å². The van der Waals surface area contributed by atoms with Crippen molar-refractivity contribution in [3.8, 4) is 0 Å². The number of carbonyl (C=O) groups is 2. The summed E-state index contributed by atoms with van der Waals surface area (Å²) in [6, 6.07) is 14.0. The van der Waals surface area contributed by atoms with Crippen LogP contribution >= 0.6 is 11.6 Å². The van der Waals surface area contributed by atoms with Crippen LogP contribution in [0.5, 0.6) is 0 Å². The molecular weight excluding hydrogens is 362 g/mol. The first-order chi connectivity index (χ1) is 13.0. The average Bonchev–Trinajstić information content (AvgIpc) is 2.93. The van der Waals surface area contributed by atoms with Gasteiger partial charge in [0, 0.05) is 36.8 Å². The summed E-state index contributed by atoms with van der Waals surface area (Å²) in [5.74, 6) is -0.162. The predicted molar refractivity (Wildman–Crippen MR) is 107 cm³/mol. The van der Waals surface area contributed by atoms with Gasteiger partial charge in [-0.1, -0.05) is 47.5 Å². The van der Waals surface area contributed by atoms with Crippen molar-refractivity contribution in [3.63, 3.8) is 0 Å². The molecular formula is C21H24ClN3O2. The van der Waals surface area contributed by atoms with Crippen molar-refractivity contribution >= 4 is 23.4 Å². The minimum absolute atomic E-state index is 0.0605. The number of rotatable bonds is 3. The van der Waals surface area contributed by atoms with E-state index in [0.29, 0.717) is 36.8 Å². The van der Waals surface area contributed by atoms with Crippen LogP contribution in [0, 0.1) is 6.92 Å². The third-order valence-electron chi connectivity index (χ3n) is 4.87. The summed E-state index contributed by atoms with van der Waals surface area (Å²) < 4.78 is 0. The number of carbonyl (C=O) groups excluding carboxylic acids is 2. The van der Waals surface area contributed by atoms with Crippen LogP contribution in [0.25, 0.3) is 0 Å². The summed E-state index contributed by atoms with van der Waals surface area (Å²) in [7, 11) is 0. The number of hydrogen-bond donors (Lipinski definition) is 1. The van der Waals surface area contributed by atoms with Crippen LogP contribution < -0.4 is 5.73 Å². The van der Waals surface area contributed by atoms with Crippen molar-refractivity contribution in [2.24, 2.45) is 5.73 Å². The first kappa shape index (κ1) is 19.4. The molecule has 2 aromatic rings. The van der Waals surface area contributed by atoms with Gasteiger partial charge < -0.3 is 15.5 Å². The van der Waals surface area contributed by atoms with Crippen LogP contribution in [-0.4, -0.2) is 47.8 Å². The Morgan fingerprint density at radius 1 is 1.00 bits per heavy atom. The molecule has 1 saturated heterocycles. The van der Waals surface area contributed by atoms with Gasteiger partial charge in [-0.3, -0.25) is 9.59 Å². The minimum Gasteiger partial charge on any atom is -0.339 e. The second-order valence-corrected chi connectivity index (χ2v) is 7.31. The lowest BCUT2D eigenvalue weighted by atomic mass is 10.0. The zero-order chi connectivity index (χ0) is 19.4. The van der Waals surface area contributed by atoms with Gasteiger partial charge in [0.25, 0.3) is 5.91 Å². The largest absolute Gasteiger partial charge is 0.339 e. The number of hydrogen-bond acceptors (Lipinski definition) is 3. The smallest absolute Gasteiger partial charge is 0.253 e. The molecule has 27 heavy (non-hydrogen) atoms. The van der Waals surface area contributed by atoms with E-state index in [1.165, 1.54) is 0 Å². The maximum Gasteiger partial charge on any atom is 0.253 e. The Morgan fingerprint density at radius 3 is 2.37 bits per heavy atom. The second kappa shape index (κ2) is 8.55. The predicted octanol–water partition coefficient (Wildman–Crippen LogP) is 3.02. The summed E-state index contributed by atoms with van der Waals surface area (Å²) in [5.41, 5.74) is 8.69. The van der Waals surface area contributed by atoms with E-state index < -0.39 is 6.04 Å². The molecule has 2 N–H and O–H groups in total. The second-order valence-electron chi connectivity index (χ2n) is 6.87. The number of amides is 2. The van der Waals surface area contributed by atoms with Crippen LogP contribution in [0.1, 0.15) is 33.9 Å². The van der Waals surface area contributed by atoms with Crippen LogP contribution in [0.4, 0.5) is 0 Å². The Labute approximate surface area is 164 Å². The lowest BCUT2D eigenvalue weighted by molar-refractivity contribution is -0.132. The Morgan fingerprint density at radius 2 is 1.67 bits per heavy atom. The van der Waals surface area contributed by atoms with E-state index in [2.05, 4.69) is 0 Å². The van der Waals surface area contributed by atoms with Crippen molar-refractivity contribution in [1.82, 2.24) is 9.80 Å². The van der Waals surface area contributed by atoms with Crippen molar-refractivity contribution in [3.05, 3.63) is 70.2 Å². The van der Waals surface area contributed by atoms with Gasteiger partial charge in [-0.2, -0.15) is 0 Å². The van der Waals surface area contributed by atoms with Gasteiger partial charge in [0.15, 0.2) is 0 Å². The highest BCUT2D eigenvalue weighted by Gasteiger charge is 2.26. The maximum atomic E-state index is 12.8. The standard InChI is InChI=1S/C21H24ClN3O2/c1-15-6-8-16(9-7-15)19(23)21(27)25-11-3-10-24(12-13-25)20(26)17-4-2-5-18(22)14-17/h2,4-9,14,19H,3,10-13,23H2,1H3. The third-order valence-corrected chi connectivity index (χ3v) is 5.10. The van der Waals surface area contributed by atoms with Crippen molar-refractivity contribution in [2.45, 2.75) is 19.4 Å². The zero-order valence-electron chi connectivity index (χ0n) is 15.4. The molecule has 1 unspecified atom stereocenters. The Balaban J connectivity index is 1.64. The fourth-order valence-corrected chi connectivity index (χ4v) is 3.45. The van der Waals surface area contributed by atoms with Crippen molar-refractivity contribution in [1.29, 1.82) is 0 Å². The molecule has 1 fully saturated rings. The molecule has 2 amide bonds. The average molecular weight is 386 g/mol. The van der Waals surface area contributed by atoms with Crippen LogP contribution in [0.3, 0.4) is 0 Å². The molecule has 5 nitrogen and oxygen atoms in total. The van der Waals surface area contributed by atoms with Gasteiger partial charge >= 0.3 is 0 Å². The molecule has 0 spiro atoms. The highest BCUT2D eigenvalue weighted by molar-refractivity contribution is 6.30. The third kappa shape index (κ3) is 4.67. The van der Waals surface area contributed by atoms with E-state index >= 15 is 0 Å². The molecule has 0 radical (unpaired) electrons. The highest BCUT2D eigenvalue weighted by Crippen LogP contribution is 2.17. The normalized spacial score (nSPS) is 16.0. The molecule has 0 aliphatic carbocycles. The maximum absolute atomic E-state index is 12.8. The number of benzene rings is 2. The lowest BCUT2D eigenvalue weighted by Gasteiger charge is -2.25. The van der Waals surface area contributed by atoms with Gasteiger partial charge in [0.2, 0.25) is 5.91 Å². The van der Waals surface area contributed by atoms with Gasteiger partial charge in [0.05, 0.1) is 0 Å². The van der Waals surface area contributed by atoms with E-state index in [1.807, 2.05) is 31.2 Å². The zero-order valence-corrected chi connectivity index (χ0v) is 16.2. The van der Waals surface area contributed by atoms with Gasteiger partial charge in [-0.25, -0.2) is 0 Å². The summed E-state index contributed by atoms with van der Waals surface area (Å²) >= 11 is 5.99. The Kier molecular flexibility index (Phi) is 6.14. The Hall–Kier alpha value is -2.37. The van der Waals surface area contributed by atoms with Crippen molar-refractivity contribution < 1.29 is 9.59 Å². The van der Waals surface area contributed by atoms with Crippen molar-refractivity contribution in [2.75, 3.05) is 26.2 Å². The van der Waals surface area contributed by atoms with Crippen LogP contribution in [0.2, 0.25) is 5.02 Å². The number of aryl methyl sites for hydroxylation is 1. The first-order valence-electron chi connectivity index (χ1n) is 9.11.